The van der Waals surface area contributed by atoms with E-state index in [1.165, 1.54) is 0 Å². The summed E-state index contributed by atoms with van der Waals surface area (Å²) < 4.78 is 4.99. The third-order valence-electron chi connectivity index (χ3n) is 3.11. The fourth-order valence-corrected chi connectivity index (χ4v) is 2.40. The van der Waals surface area contributed by atoms with Crippen LogP contribution in [0.2, 0.25) is 0 Å². The van der Waals surface area contributed by atoms with E-state index in [9.17, 15) is 0 Å². The third kappa shape index (κ3) is 1.50. The highest BCUT2D eigenvalue weighted by Gasteiger charge is 2.16. The Kier molecular flexibility index (Phi) is 2.88. The zero-order valence-electron chi connectivity index (χ0n) is 10.2. The van der Waals surface area contributed by atoms with E-state index in [-0.39, 0.29) is 0 Å². The molecule has 1 unspecified atom stereocenters. The van der Waals surface area contributed by atoms with E-state index in [2.05, 4.69) is 35.4 Å². The average Bonchev–Trinajstić information content (AvgIpc) is 2.75. The number of nitrogens with one attached hydrogen (secondary N) is 1. The number of aryl methyl sites for hydroxylation is 2. The Labute approximate surface area is 100 Å². The van der Waals surface area contributed by atoms with E-state index in [1.54, 1.807) is 0 Å². The van der Waals surface area contributed by atoms with Crippen LogP contribution in [-0.2, 0) is 6.54 Å². The standard InChI is InChI=1S/C11H18N4S/c1-5-7(3)15-10-9(12-11(15)16)8(4)13-14(10)6-2/h7H,5-6H2,1-4H3,(H,12,16). The summed E-state index contributed by atoms with van der Waals surface area (Å²) in [6.07, 6.45) is 1.06. The lowest BCUT2D eigenvalue weighted by Crippen LogP contribution is -2.08. The number of aromatic nitrogens is 4. The summed E-state index contributed by atoms with van der Waals surface area (Å²) in [6, 6.07) is 0.405. The Morgan fingerprint density at radius 3 is 2.69 bits per heavy atom. The van der Waals surface area contributed by atoms with E-state index in [1.807, 2.05) is 11.6 Å². The molecule has 0 aliphatic heterocycles. The molecule has 2 rings (SSSR count). The first-order valence-electron chi connectivity index (χ1n) is 5.77. The van der Waals surface area contributed by atoms with Crippen molar-refractivity contribution in [2.45, 2.75) is 46.7 Å². The quantitative estimate of drug-likeness (QED) is 0.834. The fraction of sp³-hybridized carbons (Fsp3) is 0.636. The highest BCUT2D eigenvalue weighted by Crippen LogP contribution is 2.23. The number of rotatable bonds is 3. The molecule has 0 aliphatic rings. The largest absolute Gasteiger partial charge is 0.328 e. The molecule has 16 heavy (non-hydrogen) atoms. The van der Waals surface area contributed by atoms with Gasteiger partial charge in [-0.2, -0.15) is 5.10 Å². The molecule has 0 saturated heterocycles. The van der Waals surface area contributed by atoms with Gasteiger partial charge in [-0.1, -0.05) is 6.92 Å². The molecule has 0 aliphatic carbocycles. The van der Waals surface area contributed by atoms with Crippen LogP contribution in [0.3, 0.4) is 0 Å². The molecule has 5 heteroatoms. The Bertz CT molecular complexity index is 560. The SMILES string of the molecule is CCC(C)n1c(=S)[nH]c2c(C)nn(CC)c21. The second kappa shape index (κ2) is 4.05. The Morgan fingerprint density at radius 2 is 2.12 bits per heavy atom. The maximum Gasteiger partial charge on any atom is 0.179 e. The lowest BCUT2D eigenvalue weighted by atomic mass is 10.2. The van der Waals surface area contributed by atoms with E-state index in [0.29, 0.717) is 6.04 Å². The fourth-order valence-electron chi connectivity index (χ4n) is 2.04. The van der Waals surface area contributed by atoms with E-state index in [4.69, 9.17) is 12.2 Å². The molecule has 0 radical (unpaired) electrons. The average molecular weight is 238 g/mol. The van der Waals surface area contributed by atoms with Crippen LogP contribution in [0.5, 0.6) is 0 Å². The van der Waals surface area contributed by atoms with E-state index < -0.39 is 0 Å². The summed E-state index contributed by atoms with van der Waals surface area (Å²) in [6.45, 7) is 9.34. The van der Waals surface area contributed by atoms with Gasteiger partial charge in [0.15, 0.2) is 10.4 Å². The van der Waals surface area contributed by atoms with Crippen LogP contribution < -0.4 is 0 Å². The summed E-state index contributed by atoms with van der Waals surface area (Å²) in [5.74, 6) is 0. The molecule has 1 atom stereocenters. The van der Waals surface area contributed by atoms with Crippen molar-refractivity contribution >= 4 is 23.4 Å². The van der Waals surface area contributed by atoms with Crippen molar-refractivity contribution in [1.29, 1.82) is 0 Å². The summed E-state index contributed by atoms with van der Waals surface area (Å²) in [7, 11) is 0. The molecule has 0 saturated carbocycles. The number of H-pyrrole nitrogens is 1. The maximum atomic E-state index is 5.38. The van der Waals surface area contributed by atoms with Gasteiger partial charge < -0.3 is 4.98 Å². The van der Waals surface area contributed by atoms with Crippen LogP contribution in [-0.4, -0.2) is 19.3 Å². The van der Waals surface area contributed by atoms with Crippen LogP contribution in [0.1, 0.15) is 38.9 Å². The molecular weight excluding hydrogens is 220 g/mol. The molecular formula is C11H18N4S. The Balaban J connectivity index is 2.81. The molecule has 0 spiro atoms. The zero-order chi connectivity index (χ0) is 11.9. The molecule has 0 bridgehead atoms. The molecule has 0 aromatic carbocycles. The minimum absolute atomic E-state index is 0.405. The van der Waals surface area contributed by atoms with Crippen LogP contribution in [0.25, 0.3) is 11.2 Å². The first-order valence-corrected chi connectivity index (χ1v) is 6.18. The van der Waals surface area contributed by atoms with Crippen molar-refractivity contribution in [2.24, 2.45) is 0 Å². The van der Waals surface area contributed by atoms with Crippen LogP contribution in [0.4, 0.5) is 0 Å². The smallest absolute Gasteiger partial charge is 0.179 e. The molecule has 2 aromatic rings. The lowest BCUT2D eigenvalue weighted by molar-refractivity contribution is 0.519. The van der Waals surface area contributed by atoms with Gasteiger partial charge in [0, 0.05) is 12.6 Å². The Morgan fingerprint density at radius 1 is 1.44 bits per heavy atom. The molecule has 2 heterocycles. The van der Waals surface area contributed by atoms with E-state index in [0.717, 1.165) is 34.6 Å². The molecule has 0 amide bonds. The number of hydrogen-bond donors (Lipinski definition) is 1. The highest BCUT2D eigenvalue weighted by molar-refractivity contribution is 7.71. The predicted octanol–water partition coefficient (Wildman–Crippen LogP) is 3.19. The number of hydrogen-bond acceptors (Lipinski definition) is 2. The van der Waals surface area contributed by atoms with Crippen molar-refractivity contribution < 1.29 is 0 Å². The summed E-state index contributed by atoms with van der Waals surface area (Å²) in [4.78, 5) is 3.26. The first kappa shape index (κ1) is 11.4. The first-order chi connectivity index (χ1) is 7.60. The summed E-state index contributed by atoms with van der Waals surface area (Å²) in [5, 5.41) is 4.50. The van der Waals surface area contributed by atoms with Gasteiger partial charge in [0.2, 0.25) is 0 Å². The second-order valence-electron chi connectivity index (χ2n) is 4.16. The van der Waals surface area contributed by atoms with Crippen LogP contribution in [0.15, 0.2) is 0 Å². The van der Waals surface area contributed by atoms with Gasteiger partial charge in [-0.15, -0.1) is 0 Å². The van der Waals surface area contributed by atoms with Crippen molar-refractivity contribution in [2.75, 3.05) is 0 Å². The predicted molar refractivity (Wildman–Crippen MR) is 68.3 cm³/mol. The third-order valence-corrected chi connectivity index (χ3v) is 3.41. The van der Waals surface area contributed by atoms with Gasteiger partial charge in [0.25, 0.3) is 0 Å². The molecule has 2 aromatic heterocycles. The highest BCUT2D eigenvalue weighted by atomic mass is 32.1. The van der Waals surface area contributed by atoms with Gasteiger partial charge in [0.1, 0.15) is 5.52 Å². The topological polar surface area (TPSA) is 38.5 Å². The minimum atomic E-state index is 0.405. The molecule has 0 fully saturated rings. The number of nitrogens with zero attached hydrogens (tertiary/aromatic N) is 3. The van der Waals surface area contributed by atoms with Crippen LogP contribution in [0, 0.1) is 11.7 Å². The van der Waals surface area contributed by atoms with Gasteiger partial charge in [0.05, 0.1) is 5.69 Å². The van der Waals surface area contributed by atoms with E-state index >= 15 is 0 Å². The second-order valence-corrected chi connectivity index (χ2v) is 4.54. The van der Waals surface area contributed by atoms with Crippen molar-refractivity contribution in [3.63, 3.8) is 0 Å². The van der Waals surface area contributed by atoms with Crippen LogP contribution >= 0.6 is 12.2 Å². The van der Waals surface area contributed by atoms with Crippen molar-refractivity contribution in [3.8, 4) is 0 Å². The van der Waals surface area contributed by atoms with Gasteiger partial charge in [-0.3, -0.25) is 4.57 Å². The molecule has 88 valence electrons. The summed E-state index contributed by atoms with van der Waals surface area (Å²) >= 11 is 5.38. The number of aromatic amines is 1. The number of fused-ring (bicyclic) bond motifs is 1. The van der Waals surface area contributed by atoms with Crippen molar-refractivity contribution in [1.82, 2.24) is 19.3 Å². The molecule has 4 nitrogen and oxygen atoms in total. The van der Waals surface area contributed by atoms with Gasteiger partial charge in [-0.25, -0.2) is 4.68 Å². The maximum absolute atomic E-state index is 5.38. The van der Waals surface area contributed by atoms with Gasteiger partial charge in [-0.05, 0) is 39.4 Å². The van der Waals surface area contributed by atoms with Crippen molar-refractivity contribution in [3.05, 3.63) is 10.5 Å². The lowest BCUT2D eigenvalue weighted by Gasteiger charge is -2.12. The minimum Gasteiger partial charge on any atom is -0.328 e. The molecule has 1 N–H and O–H groups in total. The Hall–Kier alpha value is -1.10. The summed E-state index contributed by atoms with van der Waals surface area (Å²) in [5.41, 5.74) is 3.22. The normalized spacial score (nSPS) is 13.5. The number of imidazole rings is 1. The van der Waals surface area contributed by atoms with Gasteiger partial charge >= 0.3 is 0 Å². The zero-order valence-corrected chi connectivity index (χ0v) is 11.1. The monoisotopic (exact) mass is 238 g/mol.